The second-order valence-corrected chi connectivity index (χ2v) is 8.46. The van der Waals surface area contributed by atoms with Crippen LogP contribution in [0.2, 0.25) is 0 Å². The van der Waals surface area contributed by atoms with E-state index in [9.17, 15) is 4.79 Å². The molecule has 2 aromatic carbocycles. The standard InChI is InChI=1S/C26H32N4O2/c1-20-25(21(2)32-28-20)19-29-15-17-30(18-16-29)26(31)27-14-13-24(22-9-5-3-6-10-22)23-11-7-4-8-12-23/h3-12,24H,13-19H2,1-2H3,(H,27,31). The maximum Gasteiger partial charge on any atom is 0.317 e. The van der Waals surface area contributed by atoms with Crippen LogP contribution in [0.4, 0.5) is 4.79 Å². The average molecular weight is 433 g/mol. The van der Waals surface area contributed by atoms with Crippen molar-refractivity contribution in [2.75, 3.05) is 32.7 Å². The molecule has 168 valence electrons. The number of aryl methyl sites for hydroxylation is 2. The topological polar surface area (TPSA) is 61.6 Å². The molecule has 1 aromatic heterocycles. The van der Waals surface area contributed by atoms with Gasteiger partial charge in [-0.2, -0.15) is 0 Å². The van der Waals surface area contributed by atoms with Crippen molar-refractivity contribution in [3.63, 3.8) is 0 Å². The van der Waals surface area contributed by atoms with Crippen molar-refractivity contribution in [3.8, 4) is 0 Å². The van der Waals surface area contributed by atoms with E-state index in [-0.39, 0.29) is 11.9 Å². The summed E-state index contributed by atoms with van der Waals surface area (Å²) in [7, 11) is 0. The lowest BCUT2D eigenvalue weighted by Crippen LogP contribution is -2.51. The number of hydrogen-bond acceptors (Lipinski definition) is 4. The highest BCUT2D eigenvalue weighted by Gasteiger charge is 2.23. The fourth-order valence-electron chi connectivity index (χ4n) is 4.39. The van der Waals surface area contributed by atoms with Crippen LogP contribution in [0.25, 0.3) is 0 Å². The number of benzene rings is 2. The molecule has 1 fully saturated rings. The summed E-state index contributed by atoms with van der Waals surface area (Å²) < 4.78 is 5.27. The summed E-state index contributed by atoms with van der Waals surface area (Å²) in [5.74, 6) is 1.15. The van der Waals surface area contributed by atoms with E-state index in [0.717, 1.165) is 56.2 Å². The number of piperazine rings is 1. The summed E-state index contributed by atoms with van der Waals surface area (Å²) in [5, 5.41) is 7.18. The van der Waals surface area contributed by atoms with E-state index in [4.69, 9.17) is 4.52 Å². The largest absolute Gasteiger partial charge is 0.361 e. The number of hydrogen-bond donors (Lipinski definition) is 1. The Labute approximate surface area is 190 Å². The summed E-state index contributed by atoms with van der Waals surface area (Å²) in [6.45, 7) is 8.58. The van der Waals surface area contributed by atoms with Gasteiger partial charge in [0.05, 0.1) is 5.69 Å². The zero-order chi connectivity index (χ0) is 22.3. The van der Waals surface area contributed by atoms with Crippen LogP contribution in [0.15, 0.2) is 65.2 Å². The SMILES string of the molecule is Cc1noc(C)c1CN1CCN(C(=O)NCCC(c2ccccc2)c2ccccc2)CC1. The van der Waals surface area contributed by atoms with E-state index in [0.29, 0.717) is 6.54 Å². The number of nitrogens with zero attached hydrogens (tertiary/aromatic N) is 3. The molecule has 0 aliphatic carbocycles. The monoisotopic (exact) mass is 432 g/mol. The first-order valence-electron chi connectivity index (χ1n) is 11.4. The van der Waals surface area contributed by atoms with Crippen LogP contribution < -0.4 is 5.32 Å². The molecule has 2 amide bonds. The van der Waals surface area contributed by atoms with E-state index in [1.165, 1.54) is 11.1 Å². The maximum atomic E-state index is 12.8. The number of amides is 2. The first kappa shape index (κ1) is 22.1. The highest BCUT2D eigenvalue weighted by atomic mass is 16.5. The lowest BCUT2D eigenvalue weighted by molar-refractivity contribution is 0.135. The third-order valence-corrected chi connectivity index (χ3v) is 6.34. The van der Waals surface area contributed by atoms with Gasteiger partial charge in [-0.15, -0.1) is 0 Å². The molecule has 0 saturated carbocycles. The predicted octanol–water partition coefficient (Wildman–Crippen LogP) is 4.34. The van der Waals surface area contributed by atoms with Gasteiger partial charge in [-0.1, -0.05) is 65.8 Å². The van der Waals surface area contributed by atoms with Crippen molar-refractivity contribution >= 4 is 6.03 Å². The maximum absolute atomic E-state index is 12.8. The Balaban J connectivity index is 1.27. The molecule has 0 spiro atoms. The van der Waals surface area contributed by atoms with Gasteiger partial charge in [0.15, 0.2) is 0 Å². The van der Waals surface area contributed by atoms with Gasteiger partial charge in [0.2, 0.25) is 0 Å². The van der Waals surface area contributed by atoms with Gasteiger partial charge in [0, 0.05) is 50.7 Å². The molecule has 32 heavy (non-hydrogen) atoms. The Morgan fingerprint density at radius 1 is 0.969 bits per heavy atom. The van der Waals surface area contributed by atoms with Crippen molar-refractivity contribution in [2.45, 2.75) is 32.7 Å². The molecule has 0 unspecified atom stereocenters. The van der Waals surface area contributed by atoms with Crippen LogP contribution in [0.3, 0.4) is 0 Å². The number of aromatic nitrogens is 1. The molecule has 6 heteroatoms. The fraction of sp³-hybridized carbons (Fsp3) is 0.385. The lowest BCUT2D eigenvalue weighted by atomic mass is 9.88. The molecule has 0 radical (unpaired) electrons. The molecular formula is C26H32N4O2. The number of carbonyl (C=O) groups excluding carboxylic acids is 1. The quantitative estimate of drug-likeness (QED) is 0.603. The minimum Gasteiger partial charge on any atom is -0.361 e. The summed E-state index contributed by atoms with van der Waals surface area (Å²) in [4.78, 5) is 17.0. The minimum absolute atomic E-state index is 0.0295. The van der Waals surface area contributed by atoms with Gasteiger partial charge >= 0.3 is 6.03 Å². The normalized spacial score (nSPS) is 14.7. The molecule has 4 rings (SSSR count). The number of nitrogens with one attached hydrogen (secondary N) is 1. The zero-order valence-corrected chi connectivity index (χ0v) is 19.0. The van der Waals surface area contributed by atoms with Crippen molar-refractivity contribution in [3.05, 3.63) is 88.8 Å². The Bertz CT molecular complexity index is 936. The zero-order valence-electron chi connectivity index (χ0n) is 19.0. The van der Waals surface area contributed by atoms with Crippen LogP contribution in [-0.2, 0) is 6.54 Å². The van der Waals surface area contributed by atoms with Gasteiger partial charge in [0.25, 0.3) is 0 Å². The summed E-state index contributed by atoms with van der Waals surface area (Å²) in [6, 6.07) is 21.1. The van der Waals surface area contributed by atoms with Gasteiger partial charge in [-0.3, -0.25) is 4.90 Å². The first-order chi connectivity index (χ1) is 15.6. The van der Waals surface area contributed by atoms with Gasteiger partial charge in [-0.25, -0.2) is 4.79 Å². The summed E-state index contributed by atoms with van der Waals surface area (Å²) >= 11 is 0. The molecule has 1 aliphatic heterocycles. The van der Waals surface area contributed by atoms with Gasteiger partial charge < -0.3 is 14.7 Å². The average Bonchev–Trinajstić information content (AvgIpc) is 3.15. The second kappa shape index (κ2) is 10.5. The van der Waals surface area contributed by atoms with E-state index in [1.54, 1.807) is 0 Å². The minimum atomic E-state index is 0.0295. The van der Waals surface area contributed by atoms with Crippen molar-refractivity contribution in [1.29, 1.82) is 0 Å². The third-order valence-electron chi connectivity index (χ3n) is 6.34. The Kier molecular flexibility index (Phi) is 7.22. The van der Waals surface area contributed by atoms with Gasteiger partial charge in [0.1, 0.15) is 5.76 Å². The number of urea groups is 1. The van der Waals surface area contributed by atoms with Crippen molar-refractivity contribution in [2.24, 2.45) is 0 Å². The van der Waals surface area contributed by atoms with Crippen LogP contribution in [0, 0.1) is 13.8 Å². The molecule has 2 heterocycles. The lowest BCUT2D eigenvalue weighted by Gasteiger charge is -2.34. The highest BCUT2D eigenvalue weighted by Crippen LogP contribution is 2.27. The van der Waals surface area contributed by atoms with E-state index in [1.807, 2.05) is 30.9 Å². The molecule has 0 atom stereocenters. The number of carbonyl (C=O) groups is 1. The smallest absolute Gasteiger partial charge is 0.317 e. The van der Waals surface area contributed by atoms with Crippen LogP contribution in [0.1, 0.15) is 40.5 Å². The van der Waals surface area contributed by atoms with Crippen LogP contribution >= 0.6 is 0 Å². The Morgan fingerprint density at radius 3 is 2.09 bits per heavy atom. The van der Waals surface area contributed by atoms with Crippen LogP contribution in [0.5, 0.6) is 0 Å². The van der Waals surface area contributed by atoms with Gasteiger partial charge in [-0.05, 0) is 31.4 Å². The molecular weight excluding hydrogens is 400 g/mol. The molecule has 1 saturated heterocycles. The molecule has 6 nitrogen and oxygen atoms in total. The fourth-order valence-corrected chi connectivity index (χ4v) is 4.39. The molecule has 1 aliphatic rings. The molecule has 1 N–H and O–H groups in total. The first-order valence-corrected chi connectivity index (χ1v) is 11.4. The Morgan fingerprint density at radius 2 is 1.56 bits per heavy atom. The summed E-state index contributed by atoms with van der Waals surface area (Å²) in [6.07, 6.45) is 0.867. The van der Waals surface area contributed by atoms with E-state index in [2.05, 4.69) is 63.9 Å². The van der Waals surface area contributed by atoms with Crippen molar-refractivity contribution in [1.82, 2.24) is 20.3 Å². The Hall–Kier alpha value is -3.12. The van der Waals surface area contributed by atoms with E-state index >= 15 is 0 Å². The predicted molar refractivity (Wildman–Crippen MR) is 126 cm³/mol. The van der Waals surface area contributed by atoms with Crippen LogP contribution in [-0.4, -0.2) is 53.7 Å². The summed E-state index contributed by atoms with van der Waals surface area (Å²) in [5.41, 5.74) is 4.67. The van der Waals surface area contributed by atoms with Crippen molar-refractivity contribution < 1.29 is 9.32 Å². The number of rotatable bonds is 7. The highest BCUT2D eigenvalue weighted by molar-refractivity contribution is 5.74. The molecule has 0 bridgehead atoms. The third kappa shape index (κ3) is 5.37. The second-order valence-electron chi connectivity index (χ2n) is 8.46. The molecule has 3 aromatic rings. The van der Waals surface area contributed by atoms with E-state index < -0.39 is 0 Å².